The van der Waals surface area contributed by atoms with E-state index < -0.39 is 0 Å². The minimum atomic E-state index is -0.218. The molecule has 5 nitrogen and oxygen atoms in total. The lowest BCUT2D eigenvalue weighted by atomic mass is 10.2. The molecule has 0 spiro atoms. The molecule has 0 radical (unpaired) electrons. The third-order valence-corrected chi connectivity index (χ3v) is 7.34. The predicted octanol–water partition coefficient (Wildman–Crippen LogP) is 4.83. The number of urea groups is 1. The first-order valence-corrected chi connectivity index (χ1v) is 11.1. The summed E-state index contributed by atoms with van der Waals surface area (Å²) in [4.78, 5) is 16.8. The second kappa shape index (κ2) is 8.27. The van der Waals surface area contributed by atoms with Crippen LogP contribution in [0.2, 0.25) is 0 Å². The summed E-state index contributed by atoms with van der Waals surface area (Å²) in [6.07, 6.45) is 5.24. The molecule has 2 N–H and O–H groups in total. The van der Waals surface area contributed by atoms with E-state index in [2.05, 4.69) is 27.8 Å². The number of aromatic nitrogens is 2. The number of thioether (sulfide) groups is 2. The van der Waals surface area contributed by atoms with Gasteiger partial charge in [0.2, 0.25) is 0 Å². The van der Waals surface area contributed by atoms with Gasteiger partial charge in [0.1, 0.15) is 5.65 Å². The van der Waals surface area contributed by atoms with Gasteiger partial charge in [0.25, 0.3) is 0 Å². The van der Waals surface area contributed by atoms with Crippen LogP contribution in [-0.2, 0) is 6.54 Å². The highest BCUT2D eigenvalue weighted by Crippen LogP contribution is 2.43. The van der Waals surface area contributed by atoms with E-state index in [4.69, 9.17) is 0 Å². The molecule has 27 heavy (non-hydrogen) atoms. The predicted molar refractivity (Wildman–Crippen MR) is 115 cm³/mol. The highest BCUT2D eigenvalue weighted by atomic mass is 32.2. The van der Waals surface area contributed by atoms with E-state index in [-0.39, 0.29) is 6.03 Å². The molecule has 0 unspecified atom stereocenters. The van der Waals surface area contributed by atoms with Crippen LogP contribution in [-0.4, -0.2) is 26.9 Å². The molecule has 0 saturated carbocycles. The smallest absolute Gasteiger partial charge is 0.319 e. The van der Waals surface area contributed by atoms with Gasteiger partial charge in [0.15, 0.2) is 0 Å². The van der Waals surface area contributed by atoms with Gasteiger partial charge in [-0.3, -0.25) is 0 Å². The monoisotopic (exact) mass is 398 g/mol. The van der Waals surface area contributed by atoms with E-state index in [9.17, 15) is 4.79 Å². The Kier molecular flexibility index (Phi) is 5.59. The summed E-state index contributed by atoms with van der Waals surface area (Å²) >= 11 is 3.96. The Hall–Kier alpha value is -2.12. The number of carbonyl (C=O) groups is 1. The number of imidazole rings is 1. The molecule has 0 bridgehead atoms. The molecular weight excluding hydrogens is 376 g/mol. The van der Waals surface area contributed by atoms with E-state index in [0.717, 1.165) is 17.0 Å². The number of aryl methyl sites for hydroxylation is 1. The number of anilines is 1. The lowest BCUT2D eigenvalue weighted by Crippen LogP contribution is -2.28. The van der Waals surface area contributed by atoms with Gasteiger partial charge in [-0.1, -0.05) is 18.2 Å². The van der Waals surface area contributed by atoms with E-state index in [1.54, 1.807) is 0 Å². The first kappa shape index (κ1) is 18.3. The Labute approximate surface area is 167 Å². The van der Waals surface area contributed by atoms with Gasteiger partial charge in [-0.05, 0) is 54.2 Å². The van der Waals surface area contributed by atoms with Crippen LogP contribution in [0.25, 0.3) is 5.65 Å². The number of pyridine rings is 1. The van der Waals surface area contributed by atoms with Crippen molar-refractivity contribution < 1.29 is 4.79 Å². The van der Waals surface area contributed by atoms with E-state index in [0.29, 0.717) is 11.1 Å². The van der Waals surface area contributed by atoms with Crippen molar-refractivity contribution >= 4 is 40.9 Å². The Balaban J connectivity index is 1.36. The van der Waals surface area contributed by atoms with Crippen molar-refractivity contribution in [1.29, 1.82) is 0 Å². The molecule has 2 aromatic heterocycles. The lowest BCUT2D eigenvalue weighted by Gasteiger charge is -2.21. The number of rotatable bonds is 4. The zero-order valence-electron chi connectivity index (χ0n) is 15.1. The van der Waals surface area contributed by atoms with Crippen molar-refractivity contribution in [2.75, 3.05) is 16.8 Å². The van der Waals surface area contributed by atoms with Crippen LogP contribution >= 0.6 is 23.5 Å². The number of fused-ring (bicyclic) bond motifs is 1. The molecule has 3 heterocycles. The maximum absolute atomic E-state index is 12.3. The van der Waals surface area contributed by atoms with Crippen LogP contribution < -0.4 is 10.6 Å². The number of nitrogens with zero attached hydrogens (tertiary/aromatic N) is 2. The largest absolute Gasteiger partial charge is 0.332 e. The fourth-order valence-corrected chi connectivity index (χ4v) is 5.90. The SMILES string of the molecule is Cc1ccc2nc(CNC(=O)Nc3cccc(C4SCCCS4)c3)cn2c1. The summed E-state index contributed by atoms with van der Waals surface area (Å²) in [7, 11) is 0. The normalized spacial score (nSPS) is 15.0. The number of hydrogen-bond acceptors (Lipinski definition) is 4. The molecule has 1 aliphatic heterocycles. The van der Waals surface area contributed by atoms with Crippen LogP contribution in [0.3, 0.4) is 0 Å². The number of amides is 2. The molecule has 1 aliphatic rings. The van der Waals surface area contributed by atoms with Crippen LogP contribution in [0.4, 0.5) is 10.5 Å². The Morgan fingerprint density at radius 1 is 1.22 bits per heavy atom. The van der Waals surface area contributed by atoms with Crippen molar-refractivity contribution in [1.82, 2.24) is 14.7 Å². The molecule has 7 heteroatoms. The van der Waals surface area contributed by atoms with E-state index in [1.165, 1.54) is 29.1 Å². The molecule has 1 fully saturated rings. The maximum atomic E-state index is 12.3. The van der Waals surface area contributed by atoms with Crippen molar-refractivity contribution in [3.8, 4) is 0 Å². The molecule has 0 atom stereocenters. The highest BCUT2D eigenvalue weighted by Gasteiger charge is 2.17. The third kappa shape index (κ3) is 4.59. The minimum absolute atomic E-state index is 0.218. The zero-order valence-corrected chi connectivity index (χ0v) is 16.8. The first-order chi connectivity index (χ1) is 13.2. The maximum Gasteiger partial charge on any atom is 0.319 e. The summed E-state index contributed by atoms with van der Waals surface area (Å²) in [6, 6.07) is 11.9. The van der Waals surface area contributed by atoms with Gasteiger partial charge >= 0.3 is 6.03 Å². The number of nitrogens with one attached hydrogen (secondary N) is 2. The second-order valence-electron chi connectivity index (χ2n) is 6.56. The van der Waals surface area contributed by atoms with E-state index in [1.807, 2.05) is 71.5 Å². The quantitative estimate of drug-likeness (QED) is 0.661. The van der Waals surface area contributed by atoms with Gasteiger partial charge in [-0.25, -0.2) is 9.78 Å². The van der Waals surface area contributed by atoms with Crippen LogP contribution in [0, 0.1) is 6.92 Å². The molecule has 2 amide bonds. The second-order valence-corrected chi connectivity index (χ2v) is 9.29. The number of hydrogen-bond donors (Lipinski definition) is 2. The lowest BCUT2D eigenvalue weighted by molar-refractivity contribution is 0.251. The van der Waals surface area contributed by atoms with Crippen molar-refractivity contribution in [3.63, 3.8) is 0 Å². The minimum Gasteiger partial charge on any atom is -0.332 e. The average molecular weight is 399 g/mol. The molecular formula is C20H22N4OS2. The summed E-state index contributed by atoms with van der Waals surface area (Å²) in [5, 5.41) is 5.82. The van der Waals surface area contributed by atoms with Crippen LogP contribution in [0.5, 0.6) is 0 Å². The number of benzene rings is 1. The van der Waals surface area contributed by atoms with Crippen molar-refractivity contribution in [3.05, 3.63) is 65.6 Å². The highest BCUT2D eigenvalue weighted by molar-refractivity contribution is 8.16. The van der Waals surface area contributed by atoms with Gasteiger partial charge in [-0.2, -0.15) is 0 Å². The standard InChI is InChI=1S/C20H22N4OS2/c1-14-6-7-18-22-17(13-24(18)12-14)11-21-20(25)23-16-5-2-4-15(10-16)19-26-8-3-9-27-19/h2,4-7,10,12-13,19H,3,8-9,11H2,1H3,(H2,21,23,25). The van der Waals surface area contributed by atoms with Gasteiger partial charge in [0.05, 0.1) is 16.8 Å². The molecule has 1 aromatic carbocycles. The summed E-state index contributed by atoms with van der Waals surface area (Å²) in [6.45, 7) is 2.43. The fourth-order valence-electron chi connectivity index (χ4n) is 3.03. The Bertz CT molecular complexity index is 950. The molecule has 0 aliphatic carbocycles. The fraction of sp³-hybridized carbons (Fsp3) is 0.300. The first-order valence-electron chi connectivity index (χ1n) is 9.00. The summed E-state index contributed by atoms with van der Waals surface area (Å²) in [5.41, 5.74) is 4.97. The van der Waals surface area contributed by atoms with Crippen molar-refractivity contribution in [2.24, 2.45) is 0 Å². The molecule has 140 valence electrons. The average Bonchev–Trinajstić information content (AvgIpc) is 3.09. The Morgan fingerprint density at radius 2 is 2.07 bits per heavy atom. The summed E-state index contributed by atoms with van der Waals surface area (Å²) in [5.74, 6) is 2.41. The third-order valence-electron chi connectivity index (χ3n) is 4.32. The molecule has 4 rings (SSSR count). The molecule has 1 saturated heterocycles. The van der Waals surface area contributed by atoms with E-state index >= 15 is 0 Å². The van der Waals surface area contributed by atoms with Crippen molar-refractivity contribution in [2.45, 2.75) is 24.5 Å². The molecule has 3 aromatic rings. The number of carbonyl (C=O) groups excluding carboxylic acids is 1. The zero-order chi connectivity index (χ0) is 18.6. The Morgan fingerprint density at radius 3 is 2.93 bits per heavy atom. The van der Waals surface area contributed by atoms with Crippen LogP contribution in [0.1, 0.15) is 27.8 Å². The summed E-state index contributed by atoms with van der Waals surface area (Å²) < 4.78 is 2.44. The van der Waals surface area contributed by atoms with Crippen LogP contribution in [0.15, 0.2) is 48.8 Å². The van der Waals surface area contributed by atoms with Gasteiger partial charge < -0.3 is 15.0 Å². The van der Waals surface area contributed by atoms with Gasteiger partial charge in [-0.15, -0.1) is 23.5 Å². The topological polar surface area (TPSA) is 58.4 Å². The van der Waals surface area contributed by atoms with Gasteiger partial charge in [0, 0.05) is 18.1 Å².